The number of halogens is 1. The number of aliphatic carboxylic acids is 1. The molecule has 0 aliphatic heterocycles. The Kier molecular flexibility index (Phi) is 5.62. The second-order valence-electron chi connectivity index (χ2n) is 4.20. The summed E-state index contributed by atoms with van der Waals surface area (Å²) in [6.45, 7) is 4.30. The first kappa shape index (κ1) is 14.5. The summed E-state index contributed by atoms with van der Waals surface area (Å²) in [5.74, 6) is -0.858. The minimum Gasteiger partial charge on any atom is -0.494 e. The lowest BCUT2D eigenvalue weighted by molar-refractivity contribution is -0.137. The molecule has 0 bridgehead atoms. The summed E-state index contributed by atoms with van der Waals surface area (Å²) in [6, 6.07) is 4.28. The van der Waals surface area contributed by atoms with Gasteiger partial charge in [-0.3, -0.25) is 4.79 Å². The maximum absolute atomic E-state index is 13.3. The molecule has 18 heavy (non-hydrogen) atoms. The fraction of sp³-hybridized carbons (Fsp3) is 0.500. The van der Waals surface area contributed by atoms with Crippen molar-refractivity contribution in [2.24, 2.45) is 0 Å². The van der Waals surface area contributed by atoms with Crippen LogP contribution >= 0.6 is 0 Å². The van der Waals surface area contributed by atoms with Gasteiger partial charge in [0.1, 0.15) is 11.6 Å². The predicted molar refractivity (Wildman–Crippen MR) is 67.5 cm³/mol. The second kappa shape index (κ2) is 6.99. The largest absolute Gasteiger partial charge is 0.494 e. The van der Waals surface area contributed by atoms with Gasteiger partial charge in [-0.05, 0) is 37.5 Å². The molecule has 0 spiro atoms. The molecule has 0 aliphatic rings. The molecule has 100 valence electrons. The van der Waals surface area contributed by atoms with Crippen LogP contribution in [0.4, 0.5) is 4.39 Å². The molecule has 1 unspecified atom stereocenters. The molecule has 4 heteroatoms. The molecule has 0 radical (unpaired) electrons. The first-order chi connectivity index (χ1) is 8.58. The summed E-state index contributed by atoms with van der Waals surface area (Å²) < 4.78 is 18.8. The van der Waals surface area contributed by atoms with Crippen LogP contribution in [-0.2, 0) is 4.79 Å². The zero-order valence-corrected chi connectivity index (χ0v) is 10.8. The van der Waals surface area contributed by atoms with E-state index in [-0.39, 0.29) is 18.2 Å². The van der Waals surface area contributed by atoms with E-state index in [1.165, 1.54) is 12.1 Å². The second-order valence-corrected chi connectivity index (χ2v) is 4.20. The van der Waals surface area contributed by atoms with Gasteiger partial charge in [-0.25, -0.2) is 4.39 Å². The van der Waals surface area contributed by atoms with Crippen LogP contribution in [0.1, 0.15) is 44.6 Å². The topological polar surface area (TPSA) is 46.5 Å². The maximum atomic E-state index is 13.3. The van der Waals surface area contributed by atoms with E-state index < -0.39 is 5.97 Å². The predicted octanol–water partition coefficient (Wildman–Crippen LogP) is 3.58. The maximum Gasteiger partial charge on any atom is 0.303 e. The standard InChI is InChI=1S/C14H19FO3/c1-3-5-10(8-14(16)17)12-9-11(15)6-7-13(12)18-4-2/h6-7,9-10H,3-5,8H2,1-2H3,(H,16,17). The molecular formula is C14H19FO3. The van der Waals surface area contributed by atoms with Gasteiger partial charge in [0, 0.05) is 5.56 Å². The lowest BCUT2D eigenvalue weighted by Crippen LogP contribution is -2.09. The van der Waals surface area contributed by atoms with E-state index in [9.17, 15) is 9.18 Å². The van der Waals surface area contributed by atoms with Gasteiger partial charge in [0.2, 0.25) is 0 Å². The van der Waals surface area contributed by atoms with E-state index in [1.807, 2.05) is 13.8 Å². The third-order valence-corrected chi connectivity index (χ3v) is 2.77. The Balaban J connectivity index is 3.06. The van der Waals surface area contributed by atoms with Crippen molar-refractivity contribution < 1.29 is 19.0 Å². The minimum atomic E-state index is -0.875. The Hall–Kier alpha value is -1.58. The van der Waals surface area contributed by atoms with Crippen molar-refractivity contribution in [3.05, 3.63) is 29.6 Å². The number of hydrogen-bond acceptors (Lipinski definition) is 2. The smallest absolute Gasteiger partial charge is 0.303 e. The van der Waals surface area contributed by atoms with Crippen molar-refractivity contribution >= 4 is 5.97 Å². The van der Waals surface area contributed by atoms with Crippen LogP contribution in [0.15, 0.2) is 18.2 Å². The molecule has 1 aromatic rings. The third kappa shape index (κ3) is 4.02. The van der Waals surface area contributed by atoms with Gasteiger partial charge < -0.3 is 9.84 Å². The Morgan fingerprint density at radius 3 is 2.72 bits per heavy atom. The van der Waals surface area contributed by atoms with E-state index in [0.717, 1.165) is 6.42 Å². The van der Waals surface area contributed by atoms with Crippen LogP contribution < -0.4 is 4.74 Å². The summed E-state index contributed by atoms with van der Waals surface area (Å²) >= 11 is 0. The number of carboxylic acids is 1. The quantitative estimate of drug-likeness (QED) is 0.809. The molecule has 3 nitrogen and oxygen atoms in total. The zero-order chi connectivity index (χ0) is 13.5. The molecule has 1 atom stereocenters. The first-order valence-electron chi connectivity index (χ1n) is 6.22. The molecular weight excluding hydrogens is 235 g/mol. The van der Waals surface area contributed by atoms with Gasteiger partial charge in [-0.2, -0.15) is 0 Å². The van der Waals surface area contributed by atoms with Crippen molar-refractivity contribution in [3.8, 4) is 5.75 Å². The molecule has 0 heterocycles. The highest BCUT2D eigenvalue weighted by atomic mass is 19.1. The van der Waals surface area contributed by atoms with E-state index in [1.54, 1.807) is 6.07 Å². The lowest BCUT2D eigenvalue weighted by atomic mass is 9.90. The van der Waals surface area contributed by atoms with Crippen molar-refractivity contribution in [2.75, 3.05) is 6.61 Å². The molecule has 1 aromatic carbocycles. The Morgan fingerprint density at radius 2 is 2.17 bits per heavy atom. The van der Waals surface area contributed by atoms with Crippen LogP contribution in [0.25, 0.3) is 0 Å². The highest BCUT2D eigenvalue weighted by Gasteiger charge is 2.19. The van der Waals surface area contributed by atoms with E-state index in [2.05, 4.69) is 0 Å². The van der Waals surface area contributed by atoms with Gasteiger partial charge in [-0.1, -0.05) is 13.3 Å². The van der Waals surface area contributed by atoms with Crippen molar-refractivity contribution in [1.82, 2.24) is 0 Å². The monoisotopic (exact) mass is 254 g/mol. The Labute approximate surface area is 107 Å². The summed E-state index contributed by atoms with van der Waals surface area (Å²) in [5, 5.41) is 8.93. The fourth-order valence-corrected chi connectivity index (χ4v) is 2.05. The molecule has 0 fully saturated rings. The SMILES string of the molecule is CCCC(CC(=O)O)c1cc(F)ccc1OCC. The van der Waals surface area contributed by atoms with Crippen LogP contribution in [-0.4, -0.2) is 17.7 Å². The number of ether oxygens (including phenoxy) is 1. The minimum absolute atomic E-state index is 0.00261. The number of carboxylic acid groups (broad SMARTS) is 1. The normalized spacial score (nSPS) is 12.2. The molecule has 1 N–H and O–H groups in total. The van der Waals surface area contributed by atoms with Crippen molar-refractivity contribution in [2.45, 2.75) is 39.0 Å². The average Bonchev–Trinajstić information content (AvgIpc) is 2.30. The molecule has 0 saturated carbocycles. The van der Waals surface area contributed by atoms with Crippen LogP contribution in [0.5, 0.6) is 5.75 Å². The van der Waals surface area contributed by atoms with Crippen LogP contribution in [0.2, 0.25) is 0 Å². The third-order valence-electron chi connectivity index (χ3n) is 2.77. The lowest BCUT2D eigenvalue weighted by Gasteiger charge is -2.18. The Bertz CT molecular complexity index is 404. The number of rotatable bonds is 7. The van der Waals surface area contributed by atoms with Crippen LogP contribution in [0, 0.1) is 5.82 Å². The van der Waals surface area contributed by atoms with Gasteiger partial charge in [0.15, 0.2) is 0 Å². The van der Waals surface area contributed by atoms with Gasteiger partial charge in [0.05, 0.1) is 13.0 Å². The van der Waals surface area contributed by atoms with E-state index in [0.29, 0.717) is 24.3 Å². The average molecular weight is 254 g/mol. The summed E-state index contributed by atoms with van der Waals surface area (Å²) in [6.07, 6.45) is 1.55. The number of benzene rings is 1. The molecule has 0 aromatic heterocycles. The van der Waals surface area contributed by atoms with E-state index >= 15 is 0 Å². The molecule has 0 saturated heterocycles. The van der Waals surface area contributed by atoms with Crippen molar-refractivity contribution in [1.29, 1.82) is 0 Å². The van der Waals surface area contributed by atoms with Gasteiger partial charge in [0.25, 0.3) is 0 Å². The molecule has 1 rings (SSSR count). The van der Waals surface area contributed by atoms with E-state index in [4.69, 9.17) is 9.84 Å². The molecule has 0 amide bonds. The van der Waals surface area contributed by atoms with Crippen LogP contribution in [0.3, 0.4) is 0 Å². The van der Waals surface area contributed by atoms with Gasteiger partial charge in [-0.15, -0.1) is 0 Å². The first-order valence-corrected chi connectivity index (χ1v) is 6.22. The van der Waals surface area contributed by atoms with Crippen molar-refractivity contribution in [3.63, 3.8) is 0 Å². The number of hydrogen-bond donors (Lipinski definition) is 1. The highest BCUT2D eigenvalue weighted by Crippen LogP contribution is 2.33. The summed E-state index contributed by atoms with van der Waals surface area (Å²) in [5.41, 5.74) is 0.654. The molecule has 0 aliphatic carbocycles. The Morgan fingerprint density at radius 1 is 1.44 bits per heavy atom. The summed E-state index contributed by atoms with van der Waals surface area (Å²) in [4.78, 5) is 10.9. The summed E-state index contributed by atoms with van der Waals surface area (Å²) in [7, 11) is 0. The number of carbonyl (C=O) groups is 1. The fourth-order valence-electron chi connectivity index (χ4n) is 2.05. The van der Waals surface area contributed by atoms with Gasteiger partial charge >= 0.3 is 5.97 Å². The zero-order valence-electron chi connectivity index (χ0n) is 10.8. The highest BCUT2D eigenvalue weighted by molar-refractivity contribution is 5.68.